The molecular weight excluding hydrogens is 414 g/mol. The molecular formula is C23H21N3O6. The lowest BCUT2D eigenvalue weighted by Crippen LogP contribution is -2.30. The summed E-state index contributed by atoms with van der Waals surface area (Å²) in [5.74, 6) is -0.680. The van der Waals surface area contributed by atoms with Crippen molar-refractivity contribution in [3.8, 4) is 0 Å². The number of aromatic nitrogens is 2. The lowest BCUT2D eigenvalue weighted by Gasteiger charge is -2.15. The Hall–Kier alpha value is -3.82. The molecule has 1 saturated heterocycles. The Bertz CT molecular complexity index is 1160. The van der Waals surface area contributed by atoms with E-state index in [1.54, 1.807) is 73.8 Å². The maximum Gasteiger partial charge on any atom is 0.351 e. The van der Waals surface area contributed by atoms with Gasteiger partial charge >= 0.3 is 11.7 Å². The number of esters is 1. The van der Waals surface area contributed by atoms with Crippen LogP contribution in [0.3, 0.4) is 0 Å². The van der Waals surface area contributed by atoms with Crippen molar-refractivity contribution in [3.05, 3.63) is 94.0 Å². The first-order valence-electron chi connectivity index (χ1n) is 9.96. The van der Waals surface area contributed by atoms with Crippen molar-refractivity contribution < 1.29 is 23.8 Å². The normalized spacial score (nSPS) is 17.7. The van der Waals surface area contributed by atoms with Gasteiger partial charge in [-0.15, -0.1) is 0 Å². The molecule has 0 radical (unpaired) electrons. The number of hydrogen-bond donors (Lipinski definition) is 1. The highest BCUT2D eigenvalue weighted by Gasteiger charge is 2.30. The molecule has 2 heterocycles. The van der Waals surface area contributed by atoms with Crippen LogP contribution >= 0.6 is 0 Å². The minimum absolute atomic E-state index is 0.0876. The standard InChI is InChI=1S/C23H21N3O6/c1-15-12-26(23(29)25-20(15)24-21(27)16-8-4-2-5-9-16)18-13-30-19(32-18)14-31-22(28)17-10-6-3-7-11-17/h2-12,18-19H,13-14H2,1H3,(H,24,25,27,29)/t18-,19+/m1/s1. The van der Waals surface area contributed by atoms with E-state index in [4.69, 9.17) is 14.2 Å². The van der Waals surface area contributed by atoms with Gasteiger partial charge in [-0.1, -0.05) is 36.4 Å². The second-order valence-corrected chi connectivity index (χ2v) is 7.10. The highest BCUT2D eigenvalue weighted by Crippen LogP contribution is 2.21. The van der Waals surface area contributed by atoms with Crippen LogP contribution in [0.4, 0.5) is 5.82 Å². The van der Waals surface area contributed by atoms with Crippen molar-refractivity contribution in [1.82, 2.24) is 9.55 Å². The van der Waals surface area contributed by atoms with Gasteiger partial charge in [0.25, 0.3) is 5.91 Å². The van der Waals surface area contributed by atoms with Crippen molar-refractivity contribution in [3.63, 3.8) is 0 Å². The molecule has 1 aliphatic rings. The summed E-state index contributed by atoms with van der Waals surface area (Å²) in [6.45, 7) is 1.69. The Morgan fingerprint density at radius 2 is 1.75 bits per heavy atom. The molecule has 3 aromatic rings. The number of ether oxygens (including phenoxy) is 3. The molecule has 1 aliphatic heterocycles. The Morgan fingerprint density at radius 3 is 2.44 bits per heavy atom. The third kappa shape index (κ3) is 4.90. The van der Waals surface area contributed by atoms with Crippen LogP contribution in [0.1, 0.15) is 32.5 Å². The third-order valence-corrected chi connectivity index (χ3v) is 4.81. The molecule has 9 nitrogen and oxygen atoms in total. The number of carbonyl (C=O) groups excluding carboxylic acids is 2. The van der Waals surface area contributed by atoms with E-state index in [1.165, 1.54) is 4.57 Å². The number of rotatable bonds is 6. The second kappa shape index (κ2) is 9.54. The zero-order valence-corrected chi connectivity index (χ0v) is 17.3. The van der Waals surface area contributed by atoms with E-state index in [1.807, 2.05) is 0 Å². The highest BCUT2D eigenvalue weighted by atomic mass is 16.7. The first kappa shape index (κ1) is 21.4. The van der Waals surface area contributed by atoms with E-state index < -0.39 is 24.2 Å². The minimum Gasteiger partial charge on any atom is -0.457 e. The average Bonchev–Trinajstić information content (AvgIpc) is 3.29. The molecule has 1 aromatic heterocycles. The first-order valence-corrected chi connectivity index (χ1v) is 9.96. The number of carbonyl (C=O) groups is 2. The zero-order valence-electron chi connectivity index (χ0n) is 17.3. The lowest BCUT2D eigenvalue weighted by atomic mass is 10.2. The van der Waals surface area contributed by atoms with Crippen molar-refractivity contribution >= 4 is 17.7 Å². The average molecular weight is 435 g/mol. The van der Waals surface area contributed by atoms with E-state index in [0.29, 0.717) is 16.7 Å². The molecule has 32 heavy (non-hydrogen) atoms. The van der Waals surface area contributed by atoms with Crippen molar-refractivity contribution in [2.24, 2.45) is 0 Å². The number of nitrogens with zero attached hydrogens (tertiary/aromatic N) is 2. The molecule has 4 rings (SSSR count). The monoisotopic (exact) mass is 435 g/mol. The number of aryl methyl sites for hydroxylation is 1. The highest BCUT2D eigenvalue weighted by molar-refractivity contribution is 6.04. The summed E-state index contributed by atoms with van der Waals surface area (Å²) in [4.78, 5) is 40.9. The minimum atomic E-state index is -0.808. The SMILES string of the molecule is Cc1cn([C@H]2CO[C@H](COC(=O)c3ccccc3)O2)c(=O)nc1NC(=O)c1ccccc1. The van der Waals surface area contributed by atoms with Gasteiger partial charge in [-0.2, -0.15) is 4.98 Å². The van der Waals surface area contributed by atoms with Crippen molar-refractivity contribution in [2.75, 3.05) is 18.5 Å². The van der Waals surface area contributed by atoms with Gasteiger partial charge in [0.15, 0.2) is 12.5 Å². The van der Waals surface area contributed by atoms with Crippen LogP contribution in [0, 0.1) is 6.92 Å². The summed E-state index contributed by atoms with van der Waals surface area (Å²) < 4.78 is 17.7. The van der Waals surface area contributed by atoms with E-state index in [-0.39, 0.29) is 24.9 Å². The van der Waals surface area contributed by atoms with Crippen LogP contribution in [-0.2, 0) is 14.2 Å². The Kier molecular flexibility index (Phi) is 6.39. The predicted octanol–water partition coefficient (Wildman–Crippen LogP) is 2.53. The first-order chi connectivity index (χ1) is 15.5. The molecule has 0 saturated carbocycles. The van der Waals surface area contributed by atoms with Crippen molar-refractivity contribution in [2.45, 2.75) is 19.4 Å². The van der Waals surface area contributed by atoms with Gasteiger partial charge in [-0.25, -0.2) is 9.59 Å². The van der Waals surface area contributed by atoms with Crippen LogP contribution < -0.4 is 11.0 Å². The number of anilines is 1. The summed E-state index contributed by atoms with van der Waals surface area (Å²) >= 11 is 0. The quantitative estimate of drug-likeness (QED) is 0.593. The lowest BCUT2D eigenvalue weighted by molar-refractivity contribution is -0.103. The van der Waals surface area contributed by atoms with Gasteiger partial charge in [0, 0.05) is 17.3 Å². The van der Waals surface area contributed by atoms with Gasteiger partial charge in [-0.05, 0) is 31.2 Å². The number of benzene rings is 2. The van der Waals surface area contributed by atoms with E-state index in [0.717, 1.165) is 0 Å². The van der Waals surface area contributed by atoms with Crippen LogP contribution in [0.5, 0.6) is 0 Å². The number of nitrogens with one attached hydrogen (secondary N) is 1. The topological polar surface area (TPSA) is 109 Å². The largest absolute Gasteiger partial charge is 0.457 e. The molecule has 2 aromatic carbocycles. The molecule has 0 bridgehead atoms. The summed E-state index contributed by atoms with van der Waals surface area (Å²) in [5, 5.41) is 2.65. The maximum absolute atomic E-state index is 12.5. The number of amides is 1. The van der Waals surface area contributed by atoms with Gasteiger partial charge in [0.05, 0.1) is 12.2 Å². The summed E-state index contributed by atoms with van der Waals surface area (Å²) in [6.07, 6.45) is 0.00724. The fourth-order valence-electron chi connectivity index (χ4n) is 3.15. The molecule has 9 heteroatoms. The fraction of sp³-hybridized carbons (Fsp3) is 0.217. The summed E-state index contributed by atoms with van der Waals surface area (Å²) in [6, 6.07) is 17.2. The Balaban J connectivity index is 1.38. The van der Waals surface area contributed by atoms with Crippen LogP contribution in [0.2, 0.25) is 0 Å². The second-order valence-electron chi connectivity index (χ2n) is 7.10. The van der Waals surface area contributed by atoms with Crippen LogP contribution in [0.25, 0.3) is 0 Å². The Labute approximate surface area is 183 Å². The van der Waals surface area contributed by atoms with Crippen LogP contribution in [0.15, 0.2) is 71.7 Å². The molecule has 1 fully saturated rings. The van der Waals surface area contributed by atoms with E-state index in [9.17, 15) is 14.4 Å². The Morgan fingerprint density at radius 1 is 1.09 bits per heavy atom. The van der Waals surface area contributed by atoms with Gasteiger partial charge in [0.1, 0.15) is 12.4 Å². The van der Waals surface area contributed by atoms with Gasteiger partial charge < -0.3 is 19.5 Å². The molecule has 0 aliphatic carbocycles. The zero-order chi connectivity index (χ0) is 22.5. The van der Waals surface area contributed by atoms with Gasteiger partial charge in [-0.3, -0.25) is 9.36 Å². The molecule has 164 valence electrons. The molecule has 2 atom stereocenters. The fourth-order valence-corrected chi connectivity index (χ4v) is 3.15. The summed E-state index contributed by atoms with van der Waals surface area (Å²) in [7, 11) is 0. The molecule has 1 amide bonds. The molecule has 1 N–H and O–H groups in total. The van der Waals surface area contributed by atoms with E-state index in [2.05, 4.69) is 10.3 Å². The smallest absolute Gasteiger partial charge is 0.351 e. The molecule has 0 unspecified atom stereocenters. The van der Waals surface area contributed by atoms with Crippen LogP contribution in [-0.4, -0.2) is 40.9 Å². The van der Waals surface area contributed by atoms with E-state index >= 15 is 0 Å². The predicted molar refractivity (Wildman–Crippen MR) is 114 cm³/mol. The summed E-state index contributed by atoms with van der Waals surface area (Å²) in [5.41, 5.74) is 0.857. The molecule has 0 spiro atoms. The number of hydrogen-bond acceptors (Lipinski definition) is 7. The van der Waals surface area contributed by atoms with Gasteiger partial charge in [0.2, 0.25) is 0 Å². The van der Waals surface area contributed by atoms with Crippen molar-refractivity contribution in [1.29, 1.82) is 0 Å². The third-order valence-electron chi connectivity index (χ3n) is 4.81. The maximum atomic E-state index is 12.5.